The number of likely N-dealkylation sites (tertiary alicyclic amines) is 1. The molecule has 0 unspecified atom stereocenters. The molecule has 1 aliphatic rings. The maximum absolute atomic E-state index is 12.7. The SMILES string of the molecule is COc1ccc(CC(=O)Nc2cccc(C(=O)N3CCCCCC3)c2)cc1. The van der Waals surface area contributed by atoms with E-state index in [-0.39, 0.29) is 18.2 Å². The number of benzene rings is 2. The summed E-state index contributed by atoms with van der Waals surface area (Å²) in [5.74, 6) is 0.696. The van der Waals surface area contributed by atoms with Crippen molar-refractivity contribution in [3.63, 3.8) is 0 Å². The molecule has 5 heteroatoms. The smallest absolute Gasteiger partial charge is 0.253 e. The molecule has 1 heterocycles. The van der Waals surface area contributed by atoms with Crippen molar-refractivity contribution < 1.29 is 14.3 Å². The summed E-state index contributed by atoms with van der Waals surface area (Å²) in [7, 11) is 1.61. The van der Waals surface area contributed by atoms with Gasteiger partial charge in [0.05, 0.1) is 13.5 Å². The molecule has 0 radical (unpaired) electrons. The lowest BCUT2D eigenvalue weighted by Gasteiger charge is -2.20. The molecule has 5 nitrogen and oxygen atoms in total. The van der Waals surface area contributed by atoms with Crippen molar-refractivity contribution in [2.75, 3.05) is 25.5 Å². The summed E-state index contributed by atoms with van der Waals surface area (Å²) in [5, 5.41) is 2.89. The first-order chi connectivity index (χ1) is 13.2. The summed E-state index contributed by atoms with van der Waals surface area (Å²) < 4.78 is 5.13. The van der Waals surface area contributed by atoms with Gasteiger partial charge in [0, 0.05) is 24.3 Å². The van der Waals surface area contributed by atoms with E-state index in [0.717, 1.165) is 37.2 Å². The lowest BCUT2D eigenvalue weighted by Crippen LogP contribution is -2.31. The molecule has 0 aromatic heterocycles. The molecule has 0 atom stereocenters. The molecule has 2 aromatic carbocycles. The molecule has 142 valence electrons. The van der Waals surface area contributed by atoms with Crippen molar-refractivity contribution in [2.24, 2.45) is 0 Å². The number of ether oxygens (including phenoxy) is 1. The van der Waals surface area contributed by atoms with E-state index in [1.807, 2.05) is 47.4 Å². The normalized spacial score (nSPS) is 14.3. The molecule has 1 fully saturated rings. The molecular formula is C22H26N2O3. The Hall–Kier alpha value is -2.82. The fraction of sp³-hybridized carbons (Fsp3) is 0.364. The zero-order chi connectivity index (χ0) is 19.1. The number of anilines is 1. The van der Waals surface area contributed by atoms with Crippen LogP contribution in [0.15, 0.2) is 48.5 Å². The summed E-state index contributed by atoms with van der Waals surface area (Å²) in [6.07, 6.45) is 4.76. The first-order valence-electron chi connectivity index (χ1n) is 9.48. The predicted molar refractivity (Wildman–Crippen MR) is 106 cm³/mol. The van der Waals surface area contributed by atoms with Crippen LogP contribution in [0, 0.1) is 0 Å². The Balaban J connectivity index is 1.62. The number of amides is 2. The molecule has 0 saturated carbocycles. The Morgan fingerprint density at radius 1 is 1.00 bits per heavy atom. The third-order valence-electron chi connectivity index (χ3n) is 4.81. The van der Waals surface area contributed by atoms with Gasteiger partial charge in [-0.25, -0.2) is 0 Å². The average molecular weight is 366 g/mol. The standard InChI is InChI=1S/C22H26N2O3/c1-27-20-11-9-17(10-12-20)15-21(25)23-19-8-6-7-18(16-19)22(26)24-13-4-2-3-5-14-24/h6-12,16H,2-5,13-15H2,1H3,(H,23,25). The number of hydrogen-bond acceptors (Lipinski definition) is 3. The number of nitrogens with zero attached hydrogens (tertiary/aromatic N) is 1. The Kier molecular flexibility index (Phi) is 6.47. The highest BCUT2D eigenvalue weighted by Gasteiger charge is 2.17. The summed E-state index contributed by atoms with van der Waals surface area (Å²) in [6.45, 7) is 1.62. The van der Waals surface area contributed by atoms with Crippen LogP contribution in [0.3, 0.4) is 0 Å². The van der Waals surface area contributed by atoms with Crippen LogP contribution in [0.4, 0.5) is 5.69 Å². The Morgan fingerprint density at radius 3 is 2.37 bits per heavy atom. The molecule has 1 saturated heterocycles. The van der Waals surface area contributed by atoms with Crippen LogP contribution in [0.25, 0.3) is 0 Å². The number of hydrogen-bond donors (Lipinski definition) is 1. The van der Waals surface area contributed by atoms with E-state index in [9.17, 15) is 9.59 Å². The van der Waals surface area contributed by atoms with Crippen LogP contribution in [-0.4, -0.2) is 36.9 Å². The second kappa shape index (κ2) is 9.21. The van der Waals surface area contributed by atoms with Crippen LogP contribution in [0.5, 0.6) is 5.75 Å². The van der Waals surface area contributed by atoms with Gasteiger partial charge in [-0.15, -0.1) is 0 Å². The van der Waals surface area contributed by atoms with Gasteiger partial charge in [-0.2, -0.15) is 0 Å². The fourth-order valence-corrected chi connectivity index (χ4v) is 3.32. The van der Waals surface area contributed by atoms with Gasteiger partial charge >= 0.3 is 0 Å². The van der Waals surface area contributed by atoms with Crippen molar-refractivity contribution in [3.05, 3.63) is 59.7 Å². The van der Waals surface area contributed by atoms with Crippen molar-refractivity contribution in [1.29, 1.82) is 0 Å². The molecule has 1 aliphatic heterocycles. The van der Waals surface area contributed by atoms with Crippen LogP contribution in [-0.2, 0) is 11.2 Å². The topological polar surface area (TPSA) is 58.6 Å². The molecule has 1 N–H and O–H groups in total. The minimum absolute atomic E-state index is 0.0446. The fourth-order valence-electron chi connectivity index (χ4n) is 3.32. The minimum atomic E-state index is -0.112. The molecule has 2 amide bonds. The van der Waals surface area contributed by atoms with E-state index < -0.39 is 0 Å². The van der Waals surface area contributed by atoms with Gasteiger partial charge in [0.1, 0.15) is 5.75 Å². The van der Waals surface area contributed by atoms with Gasteiger partial charge in [-0.3, -0.25) is 9.59 Å². The second-order valence-corrected chi connectivity index (χ2v) is 6.86. The Bertz CT molecular complexity index is 778. The Morgan fingerprint density at radius 2 is 1.70 bits per heavy atom. The second-order valence-electron chi connectivity index (χ2n) is 6.86. The minimum Gasteiger partial charge on any atom is -0.497 e. The highest BCUT2D eigenvalue weighted by molar-refractivity contribution is 5.97. The third kappa shape index (κ3) is 5.33. The van der Waals surface area contributed by atoms with E-state index in [2.05, 4.69) is 5.32 Å². The predicted octanol–water partition coefficient (Wildman–Crippen LogP) is 3.89. The lowest BCUT2D eigenvalue weighted by molar-refractivity contribution is -0.115. The van der Waals surface area contributed by atoms with Crippen LogP contribution >= 0.6 is 0 Å². The van der Waals surface area contributed by atoms with Crippen LogP contribution in [0.1, 0.15) is 41.6 Å². The summed E-state index contributed by atoms with van der Waals surface area (Å²) in [4.78, 5) is 27.0. The summed E-state index contributed by atoms with van der Waals surface area (Å²) in [5.41, 5.74) is 2.18. The van der Waals surface area contributed by atoms with Gasteiger partial charge in [0.2, 0.25) is 5.91 Å². The zero-order valence-corrected chi connectivity index (χ0v) is 15.7. The number of rotatable bonds is 5. The van der Waals surface area contributed by atoms with E-state index in [1.54, 1.807) is 13.2 Å². The number of nitrogens with one attached hydrogen (secondary N) is 1. The molecule has 0 aliphatic carbocycles. The number of methoxy groups -OCH3 is 1. The highest BCUT2D eigenvalue weighted by atomic mass is 16.5. The van der Waals surface area contributed by atoms with Gasteiger partial charge < -0.3 is 15.0 Å². The van der Waals surface area contributed by atoms with Gasteiger partial charge in [0.25, 0.3) is 5.91 Å². The summed E-state index contributed by atoms with van der Waals surface area (Å²) >= 11 is 0. The van der Waals surface area contributed by atoms with Gasteiger partial charge in [0.15, 0.2) is 0 Å². The zero-order valence-electron chi connectivity index (χ0n) is 15.7. The first kappa shape index (κ1) is 19.0. The van der Waals surface area contributed by atoms with Crippen molar-refractivity contribution >= 4 is 17.5 Å². The number of carbonyl (C=O) groups excluding carboxylic acids is 2. The van der Waals surface area contributed by atoms with Crippen LogP contribution < -0.4 is 10.1 Å². The molecule has 27 heavy (non-hydrogen) atoms. The van der Waals surface area contributed by atoms with Crippen molar-refractivity contribution in [2.45, 2.75) is 32.1 Å². The van der Waals surface area contributed by atoms with Crippen molar-refractivity contribution in [1.82, 2.24) is 4.90 Å². The Labute approximate surface area is 160 Å². The molecule has 2 aromatic rings. The largest absolute Gasteiger partial charge is 0.497 e. The molecular weight excluding hydrogens is 340 g/mol. The lowest BCUT2D eigenvalue weighted by atomic mass is 10.1. The average Bonchev–Trinajstić information content (AvgIpc) is 2.97. The quantitative estimate of drug-likeness (QED) is 0.873. The van der Waals surface area contributed by atoms with Gasteiger partial charge in [-0.05, 0) is 48.7 Å². The number of carbonyl (C=O) groups is 2. The summed E-state index contributed by atoms with van der Waals surface area (Å²) in [6, 6.07) is 14.6. The maximum atomic E-state index is 12.7. The highest BCUT2D eigenvalue weighted by Crippen LogP contribution is 2.17. The molecule has 0 spiro atoms. The van der Waals surface area contributed by atoms with E-state index in [4.69, 9.17) is 4.74 Å². The van der Waals surface area contributed by atoms with E-state index in [0.29, 0.717) is 11.3 Å². The third-order valence-corrected chi connectivity index (χ3v) is 4.81. The molecule has 3 rings (SSSR count). The van der Waals surface area contributed by atoms with Crippen molar-refractivity contribution in [3.8, 4) is 5.75 Å². The monoisotopic (exact) mass is 366 g/mol. The van der Waals surface area contributed by atoms with E-state index >= 15 is 0 Å². The van der Waals surface area contributed by atoms with Crippen LogP contribution in [0.2, 0.25) is 0 Å². The first-order valence-corrected chi connectivity index (χ1v) is 9.48. The van der Waals surface area contributed by atoms with Gasteiger partial charge in [-0.1, -0.05) is 31.0 Å². The van der Waals surface area contributed by atoms with E-state index in [1.165, 1.54) is 12.8 Å². The molecule has 0 bridgehead atoms. The maximum Gasteiger partial charge on any atom is 0.253 e.